The van der Waals surface area contributed by atoms with Gasteiger partial charge in [0.2, 0.25) is 5.91 Å². The van der Waals surface area contributed by atoms with Crippen molar-refractivity contribution in [3.05, 3.63) is 29.8 Å². The number of nitrogens with one attached hydrogen (secondary N) is 1. The highest BCUT2D eigenvalue weighted by Crippen LogP contribution is 2.25. The molecule has 0 aliphatic rings. The van der Waals surface area contributed by atoms with E-state index in [1.165, 1.54) is 38.1 Å². The van der Waals surface area contributed by atoms with Crippen LogP contribution in [-0.2, 0) is 15.0 Å². The standard InChI is InChI=1S/C13H14F3NO3/c1-12(2,11(19)20)8-3-5-9(6-4-8)17-10(18)7-13(14,15)16/h3-6H,7H2,1-2H3,(H,17,18)(H,19,20). The smallest absolute Gasteiger partial charge is 0.397 e. The summed E-state index contributed by atoms with van der Waals surface area (Å²) in [7, 11) is 0. The number of hydrogen-bond acceptors (Lipinski definition) is 2. The van der Waals surface area contributed by atoms with E-state index >= 15 is 0 Å². The van der Waals surface area contributed by atoms with Crippen molar-refractivity contribution in [3.8, 4) is 0 Å². The molecule has 0 fully saturated rings. The predicted octanol–water partition coefficient (Wildman–Crippen LogP) is 2.94. The maximum Gasteiger partial charge on any atom is 0.397 e. The molecule has 1 rings (SSSR count). The first kappa shape index (κ1) is 16.0. The maximum absolute atomic E-state index is 12.0. The predicted molar refractivity (Wildman–Crippen MR) is 66.4 cm³/mol. The monoisotopic (exact) mass is 289 g/mol. The van der Waals surface area contributed by atoms with Gasteiger partial charge >= 0.3 is 12.1 Å². The zero-order valence-corrected chi connectivity index (χ0v) is 10.9. The third-order valence-corrected chi connectivity index (χ3v) is 2.79. The molecule has 7 heteroatoms. The number of benzene rings is 1. The normalized spacial score (nSPS) is 12.1. The fourth-order valence-electron chi connectivity index (χ4n) is 1.48. The zero-order valence-electron chi connectivity index (χ0n) is 10.9. The first-order valence-electron chi connectivity index (χ1n) is 5.73. The van der Waals surface area contributed by atoms with Crippen molar-refractivity contribution >= 4 is 17.6 Å². The summed E-state index contributed by atoms with van der Waals surface area (Å²) in [6, 6.07) is 5.65. The van der Waals surface area contributed by atoms with E-state index in [2.05, 4.69) is 5.32 Å². The van der Waals surface area contributed by atoms with Crippen molar-refractivity contribution < 1.29 is 27.9 Å². The molecule has 2 N–H and O–H groups in total. The summed E-state index contributed by atoms with van der Waals surface area (Å²) in [5.41, 5.74) is -0.447. The Bertz CT molecular complexity index is 507. The molecule has 0 spiro atoms. The molecule has 0 bridgehead atoms. The summed E-state index contributed by atoms with van der Waals surface area (Å²) in [5.74, 6) is -2.19. The number of carbonyl (C=O) groups excluding carboxylic acids is 1. The molecule has 20 heavy (non-hydrogen) atoms. The van der Waals surface area contributed by atoms with Crippen molar-refractivity contribution in [2.24, 2.45) is 0 Å². The molecule has 0 aliphatic heterocycles. The van der Waals surface area contributed by atoms with Gasteiger partial charge in [0.05, 0.1) is 5.41 Å². The van der Waals surface area contributed by atoms with Gasteiger partial charge in [-0.15, -0.1) is 0 Å². The molecule has 0 saturated carbocycles. The van der Waals surface area contributed by atoms with Crippen LogP contribution < -0.4 is 5.32 Å². The third-order valence-electron chi connectivity index (χ3n) is 2.79. The molecule has 1 aromatic carbocycles. The minimum absolute atomic E-state index is 0.184. The second-order valence-corrected chi connectivity index (χ2v) is 4.85. The molecule has 1 aromatic rings. The van der Waals surface area contributed by atoms with Crippen molar-refractivity contribution in [2.75, 3.05) is 5.32 Å². The lowest BCUT2D eigenvalue weighted by atomic mass is 9.85. The number of rotatable bonds is 4. The number of halogens is 3. The van der Waals surface area contributed by atoms with Gasteiger partial charge in [-0.2, -0.15) is 13.2 Å². The topological polar surface area (TPSA) is 66.4 Å². The largest absolute Gasteiger partial charge is 0.481 e. The molecule has 0 unspecified atom stereocenters. The lowest BCUT2D eigenvalue weighted by Gasteiger charge is -2.19. The van der Waals surface area contributed by atoms with E-state index in [1.54, 1.807) is 0 Å². The Morgan fingerprint density at radius 3 is 2.05 bits per heavy atom. The molecule has 0 aliphatic carbocycles. The SMILES string of the molecule is CC(C)(C(=O)O)c1ccc(NC(=O)CC(F)(F)F)cc1. The Morgan fingerprint density at radius 2 is 1.65 bits per heavy atom. The Labute approximate surface area is 113 Å². The maximum atomic E-state index is 12.0. The van der Waals surface area contributed by atoms with E-state index in [-0.39, 0.29) is 5.69 Å². The molecular formula is C13H14F3NO3. The first-order valence-corrected chi connectivity index (χ1v) is 5.73. The van der Waals surface area contributed by atoms with E-state index in [4.69, 9.17) is 5.11 Å². The summed E-state index contributed by atoms with van der Waals surface area (Å²) in [6.45, 7) is 3.01. The summed E-state index contributed by atoms with van der Waals surface area (Å²) in [4.78, 5) is 22.1. The Morgan fingerprint density at radius 1 is 1.15 bits per heavy atom. The molecule has 0 atom stereocenters. The summed E-state index contributed by atoms with van der Waals surface area (Å²) in [6.07, 6.45) is -6.12. The summed E-state index contributed by atoms with van der Waals surface area (Å²) >= 11 is 0. The van der Waals surface area contributed by atoms with Crippen LogP contribution in [0.1, 0.15) is 25.8 Å². The van der Waals surface area contributed by atoms with Gasteiger partial charge < -0.3 is 10.4 Å². The van der Waals surface area contributed by atoms with E-state index < -0.39 is 29.9 Å². The van der Waals surface area contributed by atoms with Crippen LogP contribution in [-0.4, -0.2) is 23.2 Å². The number of carboxylic acid groups (broad SMARTS) is 1. The molecule has 110 valence electrons. The molecule has 4 nitrogen and oxygen atoms in total. The van der Waals surface area contributed by atoms with Crippen molar-refractivity contribution in [1.29, 1.82) is 0 Å². The first-order chi connectivity index (χ1) is 9.02. The second-order valence-electron chi connectivity index (χ2n) is 4.85. The zero-order chi connectivity index (χ0) is 15.6. The van der Waals surface area contributed by atoms with E-state index in [1.807, 2.05) is 0 Å². The summed E-state index contributed by atoms with van der Waals surface area (Å²) < 4.78 is 36.0. The Balaban J connectivity index is 2.78. The number of anilines is 1. The summed E-state index contributed by atoms with van der Waals surface area (Å²) in [5, 5.41) is 11.1. The Hall–Kier alpha value is -2.05. The van der Waals surface area contributed by atoms with Gasteiger partial charge in [-0.05, 0) is 31.5 Å². The quantitative estimate of drug-likeness (QED) is 0.895. The number of alkyl halides is 3. The van der Waals surface area contributed by atoms with E-state index in [0.717, 1.165) is 0 Å². The number of aliphatic carboxylic acids is 1. The lowest BCUT2D eigenvalue weighted by molar-refractivity contribution is -0.150. The highest BCUT2D eigenvalue weighted by Gasteiger charge is 2.31. The van der Waals surface area contributed by atoms with Crippen molar-refractivity contribution in [1.82, 2.24) is 0 Å². The van der Waals surface area contributed by atoms with Gasteiger partial charge in [-0.25, -0.2) is 0 Å². The van der Waals surface area contributed by atoms with E-state index in [9.17, 15) is 22.8 Å². The lowest BCUT2D eigenvalue weighted by Crippen LogP contribution is -2.28. The van der Waals surface area contributed by atoms with Crippen LogP contribution in [0.4, 0.5) is 18.9 Å². The van der Waals surface area contributed by atoms with Crippen molar-refractivity contribution in [3.63, 3.8) is 0 Å². The molecule has 0 heterocycles. The molecular weight excluding hydrogens is 275 g/mol. The average molecular weight is 289 g/mol. The molecule has 1 amide bonds. The molecule has 0 saturated heterocycles. The van der Waals surface area contributed by atoms with Crippen LogP contribution in [0.25, 0.3) is 0 Å². The van der Waals surface area contributed by atoms with Crippen LogP contribution in [0, 0.1) is 0 Å². The number of carboxylic acids is 1. The van der Waals surface area contributed by atoms with E-state index in [0.29, 0.717) is 5.56 Å². The third kappa shape index (κ3) is 4.25. The molecule has 0 radical (unpaired) electrons. The second kappa shape index (κ2) is 5.52. The van der Waals surface area contributed by atoms with Crippen molar-refractivity contribution in [2.45, 2.75) is 31.9 Å². The minimum Gasteiger partial charge on any atom is -0.481 e. The van der Waals surface area contributed by atoms with Gasteiger partial charge in [-0.1, -0.05) is 12.1 Å². The van der Waals surface area contributed by atoms with Gasteiger partial charge in [0.15, 0.2) is 0 Å². The van der Waals surface area contributed by atoms with Gasteiger partial charge in [0.25, 0.3) is 0 Å². The number of amides is 1. The van der Waals surface area contributed by atoms with Gasteiger partial charge in [0, 0.05) is 5.69 Å². The van der Waals surface area contributed by atoms with Crippen LogP contribution in [0.5, 0.6) is 0 Å². The van der Waals surface area contributed by atoms with Crippen LogP contribution in [0.3, 0.4) is 0 Å². The van der Waals surface area contributed by atoms with Gasteiger partial charge in [-0.3, -0.25) is 9.59 Å². The fourth-order valence-corrected chi connectivity index (χ4v) is 1.48. The van der Waals surface area contributed by atoms with Crippen LogP contribution in [0.15, 0.2) is 24.3 Å². The van der Waals surface area contributed by atoms with Crippen LogP contribution in [0.2, 0.25) is 0 Å². The Kier molecular flexibility index (Phi) is 4.42. The highest BCUT2D eigenvalue weighted by molar-refractivity contribution is 5.91. The number of carbonyl (C=O) groups is 2. The average Bonchev–Trinajstić information content (AvgIpc) is 2.26. The fraction of sp³-hybridized carbons (Fsp3) is 0.385. The highest BCUT2D eigenvalue weighted by atomic mass is 19.4. The molecule has 0 aromatic heterocycles. The minimum atomic E-state index is -4.56. The number of hydrogen-bond donors (Lipinski definition) is 2. The van der Waals surface area contributed by atoms with Crippen LogP contribution >= 0.6 is 0 Å². The van der Waals surface area contributed by atoms with Gasteiger partial charge in [0.1, 0.15) is 6.42 Å².